The molecule has 0 aliphatic carbocycles. The van der Waals surface area contributed by atoms with Gasteiger partial charge in [0.05, 0.1) is 18.7 Å². The van der Waals surface area contributed by atoms with Gasteiger partial charge in [-0.05, 0) is 41.8 Å². The maximum absolute atomic E-state index is 12.8. The van der Waals surface area contributed by atoms with Gasteiger partial charge in [-0.25, -0.2) is 9.59 Å². The Morgan fingerprint density at radius 2 is 1.73 bits per heavy atom. The average molecular weight is 469 g/mol. The first-order valence-electron chi connectivity index (χ1n) is 11.2. The molecule has 7 nitrogen and oxygen atoms in total. The van der Waals surface area contributed by atoms with Crippen molar-refractivity contribution in [1.82, 2.24) is 15.5 Å². The van der Waals surface area contributed by atoms with Gasteiger partial charge in [0.25, 0.3) is 0 Å². The lowest BCUT2D eigenvalue weighted by molar-refractivity contribution is -0.136. The summed E-state index contributed by atoms with van der Waals surface area (Å²) in [4.78, 5) is 29.8. The molecule has 2 aromatic carbocycles. The number of ether oxygens (including phenoxy) is 1. The maximum Gasteiger partial charge on any atom is 0.338 e. The van der Waals surface area contributed by atoms with Crippen LogP contribution in [0.25, 0.3) is 0 Å². The summed E-state index contributed by atoms with van der Waals surface area (Å²) < 4.78 is 5.10. The Balaban J connectivity index is 1.53. The number of hydrogen-bond acceptors (Lipinski definition) is 5. The summed E-state index contributed by atoms with van der Waals surface area (Å²) in [6, 6.07) is 14.9. The molecule has 2 N–H and O–H groups in total. The normalized spacial score (nSPS) is 19.2. The van der Waals surface area contributed by atoms with Gasteiger partial charge in [0.1, 0.15) is 0 Å². The van der Waals surface area contributed by atoms with Crippen LogP contribution in [-0.4, -0.2) is 56.7 Å². The lowest BCUT2D eigenvalue weighted by Gasteiger charge is -2.38. The van der Waals surface area contributed by atoms with Gasteiger partial charge < -0.3 is 20.3 Å². The zero-order valence-electron chi connectivity index (χ0n) is 18.9. The first kappa shape index (κ1) is 23.1. The molecule has 1 fully saturated rings. The van der Waals surface area contributed by atoms with E-state index in [2.05, 4.69) is 27.4 Å². The summed E-state index contributed by atoms with van der Waals surface area (Å²) in [6.45, 7) is 5.86. The molecule has 0 bridgehead atoms. The minimum Gasteiger partial charge on any atom is -0.466 e. The number of rotatable bonds is 6. The van der Waals surface area contributed by atoms with E-state index >= 15 is 0 Å². The predicted octanol–water partition coefficient (Wildman–Crippen LogP) is 3.51. The molecule has 1 atom stereocenters. The van der Waals surface area contributed by atoms with Crippen molar-refractivity contribution in [1.29, 1.82) is 0 Å². The van der Waals surface area contributed by atoms with Crippen LogP contribution in [0.1, 0.15) is 24.1 Å². The van der Waals surface area contributed by atoms with E-state index in [1.54, 1.807) is 0 Å². The third-order valence-electron chi connectivity index (χ3n) is 6.23. The van der Waals surface area contributed by atoms with Crippen LogP contribution >= 0.6 is 11.6 Å². The summed E-state index contributed by atoms with van der Waals surface area (Å²) in [5.74, 6) is -0.443. The van der Waals surface area contributed by atoms with E-state index in [1.807, 2.05) is 48.5 Å². The van der Waals surface area contributed by atoms with Crippen molar-refractivity contribution >= 4 is 29.3 Å². The van der Waals surface area contributed by atoms with Gasteiger partial charge >= 0.3 is 12.0 Å². The third kappa shape index (κ3) is 5.31. The van der Waals surface area contributed by atoms with Gasteiger partial charge in [-0.15, -0.1) is 0 Å². The van der Waals surface area contributed by atoms with Crippen molar-refractivity contribution < 1.29 is 14.3 Å². The third-order valence-corrected chi connectivity index (χ3v) is 6.48. The number of anilines is 1. The Bertz CT molecular complexity index is 1030. The number of benzene rings is 2. The first-order chi connectivity index (χ1) is 16.0. The minimum absolute atomic E-state index is 0.318. The highest BCUT2D eigenvalue weighted by atomic mass is 35.5. The van der Waals surface area contributed by atoms with E-state index in [0.29, 0.717) is 17.8 Å². The van der Waals surface area contributed by atoms with Crippen LogP contribution in [-0.2, 0) is 16.0 Å². The Morgan fingerprint density at radius 1 is 1.06 bits per heavy atom. The highest BCUT2D eigenvalue weighted by molar-refractivity contribution is 6.30. The van der Waals surface area contributed by atoms with Gasteiger partial charge in [-0.2, -0.15) is 0 Å². The minimum atomic E-state index is -0.553. The zero-order chi connectivity index (χ0) is 23.4. The second-order valence-corrected chi connectivity index (χ2v) is 8.69. The number of amides is 2. The molecule has 0 radical (unpaired) electrons. The predicted molar refractivity (Wildman–Crippen MR) is 129 cm³/mol. The number of carbonyl (C=O) groups is 2. The highest BCUT2D eigenvalue weighted by Gasteiger charge is 2.34. The zero-order valence-corrected chi connectivity index (χ0v) is 19.7. The van der Waals surface area contributed by atoms with Crippen molar-refractivity contribution in [2.75, 3.05) is 44.7 Å². The SMILES string of the molecule is CCc1ccc(C2NC(=O)NC(CN3CCN(c4ccc(Cl)cc4)CC3)=C2C(=O)OC)cc1. The Labute approximate surface area is 199 Å². The molecule has 1 saturated heterocycles. The van der Waals surface area contributed by atoms with Crippen LogP contribution in [0.15, 0.2) is 59.8 Å². The lowest BCUT2D eigenvalue weighted by Crippen LogP contribution is -2.51. The van der Waals surface area contributed by atoms with Gasteiger partial charge in [0, 0.05) is 49.1 Å². The van der Waals surface area contributed by atoms with E-state index < -0.39 is 12.0 Å². The van der Waals surface area contributed by atoms with Crippen LogP contribution in [0, 0.1) is 0 Å². The molecule has 2 aromatic rings. The molecule has 33 heavy (non-hydrogen) atoms. The lowest BCUT2D eigenvalue weighted by atomic mass is 9.94. The van der Waals surface area contributed by atoms with Crippen LogP contribution < -0.4 is 15.5 Å². The van der Waals surface area contributed by atoms with Crippen molar-refractivity contribution in [2.45, 2.75) is 19.4 Å². The molecule has 174 valence electrons. The molecular weight excluding hydrogens is 440 g/mol. The molecule has 2 aliphatic heterocycles. The number of hydrogen-bond donors (Lipinski definition) is 2. The van der Waals surface area contributed by atoms with Gasteiger partial charge in [-0.1, -0.05) is 42.8 Å². The molecule has 2 aliphatic rings. The molecule has 0 saturated carbocycles. The summed E-state index contributed by atoms with van der Waals surface area (Å²) in [7, 11) is 1.37. The van der Waals surface area contributed by atoms with Crippen LogP contribution in [0.5, 0.6) is 0 Å². The van der Waals surface area contributed by atoms with Gasteiger partial charge in [0.2, 0.25) is 0 Å². The van der Waals surface area contributed by atoms with Crippen molar-refractivity contribution in [2.24, 2.45) is 0 Å². The fourth-order valence-corrected chi connectivity index (χ4v) is 4.46. The van der Waals surface area contributed by atoms with Crippen molar-refractivity contribution in [3.63, 3.8) is 0 Å². The Hall–Kier alpha value is -3.03. The molecule has 4 rings (SSSR count). The van der Waals surface area contributed by atoms with Crippen molar-refractivity contribution in [3.05, 3.63) is 76.0 Å². The topological polar surface area (TPSA) is 73.9 Å². The molecule has 0 spiro atoms. The number of esters is 1. The number of methoxy groups -OCH3 is 1. The molecule has 0 aromatic heterocycles. The largest absolute Gasteiger partial charge is 0.466 e. The number of nitrogens with one attached hydrogen (secondary N) is 2. The van der Waals surface area contributed by atoms with Gasteiger partial charge in [-0.3, -0.25) is 4.90 Å². The number of piperazine rings is 1. The molecule has 2 amide bonds. The number of nitrogens with zero attached hydrogens (tertiary/aromatic N) is 2. The van der Waals surface area contributed by atoms with Crippen LogP contribution in [0.4, 0.5) is 10.5 Å². The summed E-state index contributed by atoms with van der Waals surface area (Å²) in [5, 5.41) is 6.47. The second-order valence-electron chi connectivity index (χ2n) is 8.25. The Morgan fingerprint density at radius 3 is 2.33 bits per heavy atom. The quantitative estimate of drug-likeness (QED) is 0.635. The number of carbonyl (C=O) groups excluding carboxylic acids is 2. The van der Waals surface area contributed by atoms with E-state index in [0.717, 1.165) is 48.9 Å². The monoisotopic (exact) mass is 468 g/mol. The fraction of sp³-hybridized carbons (Fsp3) is 0.360. The van der Waals surface area contributed by atoms with E-state index in [1.165, 1.54) is 12.7 Å². The first-order valence-corrected chi connectivity index (χ1v) is 11.6. The highest BCUT2D eigenvalue weighted by Crippen LogP contribution is 2.29. The van der Waals surface area contributed by atoms with Crippen LogP contribution in [0.3, 0.4) is 0 Å². The maximum atomic E-state index is 12.8. The smallest absolute Gasteiger partial charge is 0.338 e. The Kier molecular flexibility index (Phi) is 7.20. The van der Waals surface area contributed by atoms with Crippen LogP contribution in [0.2, 0.25) is 5.02 Å². The summed E-state index contributed by atoms with van der Waals surface area (Å²) in [6.07, 6.45) is 0.922. The molecular formula is C25H29ClN4O3. The summed E-state index contributed by atoms with van der Waals surface area (Å²) >= 11 is 6.01. The van der Waals surface area contributed by atoms with Gasteiger partial charge in [0.15, 0.2) is 0 Å². The number of aryl methyl sites for hydroxylation is 1. The molecule has 2 heterocycles. The summed E-state index contributed by atoms with van der Waals surface area (Å²) in [5.41, 5.74) is 4.23. The number of urea groups is 1. The molecule has 1 unspecified atom stereocenters. The van der Waals surface area contributed by atoms with E-state index in [4.69, 9.17) is 16.3 Å². The van der Waals surface area contributed by atoms with E-state index in [-0.39, 0.29) is 6.03 Å². The number of halogens is 1. The van der Waals surface area contributed by atoms with Crippen molar-refractivity contribution in [3.8, 4) is 0 Å². The molecule has 8 heteroatoms. The standard InChI is InChI=1S/C25H29ClN4O3/c1-3-17-4-6-18(7-5-17)23-22(24(31)33-2)21(27-25(32)28-23)16-29-12-14-30(15-13-29)20-10-8-19(26)9-11-20/h4-11,23H,3,12-16H2,1-2H3,(H2,27,28,32). The fourth-order valence-electron chi connectivity index (χ4n) is 4.33. The van der Waals surface area contributed by atoms with E-state index in [9.17, 15) is 9.59 Å². The average Bonchev–Trinajstić information content (AvgIpc) is 2.84. The second kappa shape index (κ2) is 10.3.